The molecule has 0 unspecified atom stereocenters. The molecule has 21 heavy (non-hydrogen) atoms. The van der Waals surface area contributed by atoms with Crippen LogP contribution in [0.25, 0.3) is 10.9 Å². The molecule has 2 aromatic rings. The number of nitrogens with one attached hydrogen (secondary N) is 1. The first-order valence-corrected chi connectivity index (χ1v) is 7.23. The largest absolute Gasteiger partial charge is 0.389 e. The fourth-order valence-corrected chi connectivity index (χ4v) is 2.35. The Hall–Kier alpha value is -1.56. The van der Waals surface area contributed by atoms with Crippen molar-refractivity contribution in [3.63, 3.8) is 0 Å². The summed E-state index contributed by atoms with van der Waals surface area (Å²) in [5.74, 6) is 0. The van der Waals surface area contributed by atoms with Gasteiger partial charge in [-0.05, 0) is 32.4 Å². The van der Waals surface area contributed by atoms with Crippen LogP contribution < -0.4 is 5.32 Å². The minimum atomic E-state index is -4.05. The van der Waals surface area contributed by atoms with E-state index in [1.807, 2.05) is 35.9 Å². The van der Waals surface area contributed by atoms with Gasteiger partial charge in [-0.3, -0.25) is 4.68 Å². The zero-order valence-electron chi connectivity index (χ0n) is 12.1. The monoisotopic (exact) mass is 299 g/mol. The van der Waals surface area contributed by atoms with Crippen LogP contribution in [0.1, 0.15) is 31.9 Å². The molecule has 1 N–H and O–H groups in total. The average Bonchev–Trinajstić information content (AvgIpc) is 2.80. The summed E-state index contributed by atoms with van der Waals surface area (Å²) in [6, 6.07) is 8.00. The number of hydrogen-bond acceptors (Lipinski definition) is 2. The SMILES string of the molecule is CCn1nc(CNCCCCC(F)(F)F)c2ccccc21. The van der Waals surface area contributed by atoms with Crippen LogP contribution in [0.5, 0.6) is 0 Å². The van der Waals surface area contributed by atoms with Crippen molar-refractivity contribution in [2.75, 3.05) is 6.54 Å². The predicted octanol–water partition coefficient (Wildman–Crippen LogP) is 3.88. The summed E-state index contributed by atoms with van der Waals surface area (Å²) < 4.78 is 38.0. The lowest BCUT2D eigenvalue weighted by molar-refractivity contribution is -0.135. The summed E-state index contributed by atoms with van der Waals surface area (Å²) in [6.45, 7) is 3.99. The minimum absolute atomic E-state index is 0.167. The molecule has 0 saturated heterocycles. The number of aryl methyl sites for hydroxylation is 1. The molecule has 0 radical (unpaired) electrons. The average molecular weight is 299 g/mol. The molecule has 0 saturated carbocycles. The molecule has 2 rings (SSSR count). The number of nitrogens with zero attached hydrogens (tertiary/aromatic N) is 2. The Kier molecular flexibility index (Phi) is 5.22. The van der Waals surface area contributed by atoms with Crippen LogP contribution in [0.3, 0.4) is 0 Å². The maximum Gasteiger partial charge on any atom is 0.389 e. The summed E-state index contributed by atoms with van der Waals surface area (Å²) in [5.41, 5.74) is 2.04. The first-order chi connectivity index (χ1) is 10.0. The van der Waals surface area contributed by atoms with E-state index in [0.717, 1.165) is 23.1 Å². The number of unbranched alkanes of at least 4 members (excludes halogenated alkanes) is 1. The lowest BCUT2D eigenvalue weighted by Crippen LogP contribution is -2.16. The second kappa shape index (κ2) is 6.93. The zero-order chi connectivity index (χ0) is 15.3. The number of fused-ring (bicyclic) bond motifs is 1. The summed E-state index contributed by atoms with van der Waals surface area (Å²) in [5, 5.41) is 8.81. The van der Waals surface area contributed by atoms with Gasteiger partial charge >= 0.3 is 6.18 Å². The van der Waals surface area contributed by atoms with Crippen molar-refractivity contribution < 1.29 is 13.2 Å². The van der Waals surface area contributed by atoms with E-state index in [2.05, 4.69) is 10.4 Å². The number of benzene rings is 1. The molecule has 1 aromatic carbocycles. The number of hydrogen-bond donors (Lipinski definition) is 1. The quantitative estimate of drug-likeness (QED) is 0.786. The van der Waals surface area contributed by atoms with Gasteiger partial charge in [0.15, 0.2) is 0 Å². The van der Waals surface area contributed by atoms with Crippen molar-refractivity contribution in [1.29, 1.82) is 0 Å². The molecule has 3 nitrogen and oxygen atoms in total. The van der Waals surface area contributed by atoms with Gasteiger partial charge in [-0.25, -0.2) is 0 Å². The molecule has 0 aliphatic rings. The normalized spacial score (nSPS) is 12.2. The van der Waals surface area contributed by atoms with Crippen molar-refractivity contribution >= 4 is 10.9 Å². The van der Waals surface area contributed by atoms with Gasteiger partial charge in [0, 0.05) is 24.9 Å². The van der Waals surface area contributed by atoms with E-state index in [-0.39, 0.29) is 6.42 Å². The Bertz CT molecular complexity index is 575. The van der Waals surface area contributed by atoms with Crippen molar-refractivity contribution in [2.24, 2.45) is 0 Å². The van der Waals surface area contributed by atoms with Gasteiger partial charge in [-0.2, -0.15) is 18.3 Å². The van der Waals surface area contributed by atoms with Crippen LogP contribution in [0.15, 0.2) is 24.3 Å². The highest BCUT2D eigenvalue weighted by atomic mass is 19.4. The number of rotatable bonds is 7. The molecule has 0 fully saturated rings. The summed E-state index contributed by atoms with van der Waals surface area (Å²) in [4.78, 5) is 0. The molecule has 0 aliphatic carbocycles. The first kappa shape index (κ1) is 15.8. The fourth-order valence-electron chi connectivity index (χ4n) is 2.35. The highest BCUT2D eigenvalue weighted by molar-refractivity contribution is 5.81. The Morgan fingerprint density at radius 1 is 1.19 bits per heavy atom. The molecule has 0 amide bonds. The van der Waals surface area contributed by atoms with Crippen molar-refractivity contribution in [3.8, 4) is 0 Å². The second-order valence-electron chi connectivity index (χ2n) is 5.03. The smallest absolute Gasteiger partial charge is 0.311 e. The molecule has 1 heterocycles. The van der Waals surface area contributed by atoms with Crippen LogP contribution >= 0.6 is 0 Å². The maximum atomic E-state index is 12.0. The van der Waals surface area contributed by atoms with E-state index in [1.165, 1.54) is 0 Å². The van der Waals surface area contributed by atoms with Crippen LogP contribution in [-0.4, -0.2) is 22.5 Å². The highest BCUT2D eigenvalue weighted by Gasteiger charge is 2.25. The minimum Gasteiger partial charge on any atom is -0.311 e. The van der Waals surface area contributed by atoms with Crippen LogP contribution in [-0.2, 0) is 13.1 Å². The van der Waals surface area contributed by atoms with Gasteiger partial charge in [0.2, 0.25) is 0 Å². The van der Waals surface area contributed by atoms with Gasteiger partial charge in [0.25, 0.3) is 0 Å². The van der Waals surface area contributed by atoms with Crippen LogP contribution in [0.2, 0.25) is 0 Å². The van der Waals surface area contributed by atoms with Crippen molar-refractivity contribution in [3.05, 3.63) is 30.0 Å². The van der Waals surface area contributed by atoms with E-state index in [4.69, 9.17) is 0 Å². The zero-order valence-corrected chi connectivity index (χ0v) is 12.1. The van der Waals surface area contributed by atoms with Gasteiger partial charge in [0.05, 0.1) is 11.2 Å². The first-order valence-electron chi connectivity index (χ1n) is 7.23. The molecule has 0 bridgehead atoms. The molecule has 6 heteroatoms. The van der Waals surface area contributed by atoms with E-state index in [0.29, 0.717) is 19.5 Å². The van der Waals surface area contributed by atoms with E-state index >= 15 is 0 Å². The summed E-state index contributed by atoms with van der Waals surface area (Å²) in [7, 11) is 0. The lowest BCUT2D eigenvalue weighted by Gasteiger charge is -2.06. The van der Waals surface area contributed by atoms with Gasteiger partial charge in [-0.15, -0.1) is 0 Å². The Morgan fingerprint density at radius 2 is 1.95 bits per heavy atom. The Morgan fingerprint density at radius 3 is 2.67 bits per heavy atom. The number of aromatic nitrogens is 2. The molecule has 0 spiro atoms. The van der Waals surface area contributed by atoms with Gasteiger partial charge in [0.1, 0.15) is 0 Å². The molecule has 116 valence electrons. The molecular formula is C15H20F3N3. The molecule has 0 atom stereocenters. The Balaban J connectivity index is 1.84. The number of para-hydroxylation sites is 1. The van der Waals surface area contributed by atoms with Gasteiger partial charge in [-0.1, -0.05) is 18.2 Å². The Labute approximate surface area is 122 Å². The maximum absolute atomic E-state index is 12.0. The second-order valence-corrected chi connectivity index (χ2v) is 5.03. The third kappa shape index (κ3) is 4.46. The standard InChI is InChI=1S/C15H20F3N3/c1-2-21-14-8-4-3-7-12(14)13(20-21)11-19-10-6-5-9-15(16,17)18/h3-4,7-8,19H,2,5-6,9-11H2,1H3. The fraction of sp³-hybridized carbons (Fsp3) is 0.533. The summed E-state index contributed by atoms with van der Waals surface area (Å²) >= 11 is 0. The lowest BCUT2D eigenvalue weighted by atomic mass is 10.2. The van der Waals surface area contributed by atoms with Crippen molar-refractivity contribution in [1.82, 2.24) is 15.1 Å². The highest BCUT2D eigenvalue weighted by Crippen LogP contribution is 2.22. The van der Waals surface area contributed by atoms with E-state index in [9.17, 15) is 13.2 Å². The predicted molar refractivity (Wildman–Crippen MR) is 77.0 cm³/mol. The number of halogens is 3. The third-order valence-electron chi connectivity index (χ3n) is 3.39. The third-order valence-corrected chi connectivity index (χ3v) is 3.39. The van der Waals surface area contributed by atoms with E-state index in [1.54, 1.807) is 0 Å². The summed E-state index contributed by atoms with van der Waals surface area (Å²) in [6.07, 6.45) is -4.06. The topological polar surface area (TPSA) is 29.9 Å². The molecular weight excluding hydrogens is 279 g/mol. The van der Waals surface area contributed by atoms with Crippen LogP contribution in [0, 0.1) is 0 Å². The molecule has 1 aromatic heterocycles. The van der Waals surface area contributed by atoms with Gasteiger partial charge < -0.3 is 5.32 Å². The van der Waals surface area contributed by atoms with E-state index < -0.39 is 12.6 Å². The van der Waals surface area contributed by atoms with Crippen LogP contribution in [0.4, 0.5) is 13.2 Å². The van der Waals surface area contributed by atoms with Crippen molar-refractivity contribution in [2.45, 2.75) is 45.5 Å². The molecule has 0 aliphatic heterocycles. The number of alkyl halides is 3.